The van der Waals surface area contributed by atoms with Gasteiger partial charge in [-0.1, -0.05) is 45.9 Å². The van der Waals surface area contributed by atoms with Crippen molar-refractivity contribution in [2.45, 2.75) is 33.2 Å². The Hall–Kier alpha value is -1.31. The van der Waals surface area contributed by atoms with Crippen LogP contribution in [0, 0.1) is 11.8 Å². The molecule has 2 rings (SSSR count). The molecule has 86 valence electrons. The van der Waals surface area contributed by atoms with Crippen LogP contribution < -0.4 is 5.32 Å². The van der Waals surface area contributed by atoms with Crippen LogP contribution in [0.1, 0.15) is 43.6 Å². The lowest BCUT2D eigenvalue weighted by atomic mass is 9.73. The summed E-state index contributed by atoms with van der Waals surface area (Å²) in [6, 6.07) is 7.93. The number of hydrogen-bond donors (Lipinski definition) is 1. The van der Waals surface area contributed by atoms with Gasteiger partial charge in [-0.25, -0.2) is 0 Å². The minimum absolute atomic E-state index is 0.0676. The summed E-state index contributed by atoms with van der Waals surface area (Å²) in [5.74, 6) is 0.846. The predicted octanol–water partition coefficient (Wildman–Crippen LogP) is 2.94. The monoisotopic (exact) mass is 217 g/mol. The van der Waals surface area contributed by atoms with E-state index in [1.807, 2.05) is 18.2 Å². The number of nitrogens with one attached hydrogen (secondary N) is 1. The van der Waals surface area contributed by atoms with Gasteiger partial charge in [-0.15, -0.1) is 0 Å². The average Bonchev–Trinajstić information content (AvgIpc) is 2.54. The van der Waals surface area contributed by atoms with Crippen molar-refractivity contribution < 1.29 is 4.79 Å². The maximum absolute atomic E-state index is 12.0. The number of carbonyl (C=O) groups is 1. The molecule has 1 aliphatic heterocycles. The molecule has 1 aromatic carbocycles. The quantitative estimate of drug-likeness (QED) is 0.810. The molecule has 0 spiro atoms. The Kier molecular flexibility index (Phi) is 2.53. The molecule has 0 bridgehead atoms. The van der Waals surface area contributed by atoms with E-state index in [0.717, 1.165) is 11.1 Å². The molecule has 1 aromatic rings. The van der Waals surface area contributed by atoms with Gasteiger partial charge in [-0.05, 0) is 23.5 Å². The second kappa shape index (κ2) is 3.62. The SMILES string of the molecule is CC(C)C1(C(C)C)NC(=O)c2ccccc21. The van der Waals surface area contributed by atoms with Crippen LogP contribution in [-0.2, 0) is 5.54 Å². The first-order valence-electron chi connectivity index (χ1n) is 5.92. The van der Waals surface area contributed by atoms with Crippen molar-refractivity contribution in [1.29, 1.82) is 0 Å². The van der Waals surface area contributed by atoms with Crippen LogP contribution in [0.3, 0.4) is 0 Å². The Morgan fingerprint density at radius 3 is 2.19 bits per heavy atom. The van der Waals surface area contributed by atoms with E-state index in [4.69, 9.17) is 0 Å². The van der Waals surface area contributed by atoms with Crippen LogP contribution in [0.25, 0.3) is 0 Å². The fourth-order valence-corrected chi connectivity index (χ4v) is 2.94. The summed E-state index contributed by atoms with van der Waals surface area (Å²) in [7, 11) is 0. The summed E-state index contributed by atoms with van der Waals surface area (Å²) in [5, 5.41) is 3.19. The highest BCUT2D eigenvalue weighted by Gasteiger charge is 2.46. The number of rotatable bonds is 2. The fraction of sp³-hybridized carbons (Fsp3) is 0.500. The molecule has 0 aromatic heterocycles. The third kappa shape index (κ3) is 1.29. The van der Waals surface area contributed by atoms with Gasteiger partial charge >= 0.3 is 0 Å². The van der Waals surface area contributed by atoms with Gasteiger partial charge in [0.25, 0.3) is 5.91 Å². The van der Waals surface area contributed by atoms with Gasteiger partial charge in [0, 0.05) is 5.56 Å². The van der Waals surface area contributed by atoms with Gasteiger partial charge in [-0.3, -0.25) is 4.79 Å². The van der Waals surface area contributed by atoms with Crippen molar-refractivity contribution in [2.24, 2.45) is 11.8 Å². The van der Waals surface area contributed by atoms with E-state index in [1.54, 1.807) is 0 Å². The van der Waals surface area contributed by atoms with Crippen LogP contribution in [0.2, 0.25) is 0 Å². The lowest BCUT2D eigenvalue weighted by Crippen LogP contribution is -2.48. The maximum Gasteiger partial charge on any atom is 0.252 e. The van der Waals surface area contributed by atoms with Crippen LogP contribution in [-0.4, -0.2) is 5.91 Å². The highest BCUT2D eigenvalue weighted by Crippen LogP contribution is 2.42. The van der Waals surface area contributed by atoms with Gasteiger partial charge in [0.1, 0.15) is 0 Å². The molecular weight excluding hydrogens is 198 g/mol. The maximum atomic E-state index is 12.0. The largest absolute Gasteiger partial charge is 0.342 e. The van der Waals surface area contributed by atoms with Crippen LogP contribution in [0.4, 0.5) is 0 Å². The van der Waals surface area contributed by atoms with E-state index in [2.05, 4.69) is 39.1 Å². The minimum Gasteiger partial charge on any atom is -0.342 e. The normalized spacial score (nSPS) is 17.8. The van der Waals surface area contributed by atoms with Gasteiger partial charge < -0.3 is 5.32 Å². The minimum atomic E-state index is -0.201. The van der Waals surface area contributed by atoms with Crippen molar-refractivity contribution in [2.75, 3.05) is 0 Å². The molecule has 2 heteroatoms. The van der Waals surface area contributed by atoms with E-state index < -0.39 is 0 Å². The first-order valence-corrected chi connectivity index (χ1v) is 5.92. The van der Waals surface area contributed by atoms with Crippen molar-refractivity contribution in [3.05, 3.63) is 35.4 Å². The second-order valence-corrected chi connectivity index (χ2v) is 5.18. The molecule has 1 amide bonds. The summed E-state index contributed by atoms with van der Waals surface area (Å²) >= 11 is 0. The first kappa shape index (κ1) is 11.2. The van der Waals surface area contributed by atoms with E-state index >= 15 is 0 Å². The Labute approximate surface area is 97.1 Å². The highest BCUT2D eigenvalue weighted by molar-refractivity contribution is 6.00. The molecule has 2 nitrogen and oxygen atoms in total. The Balaban J connectivity index is 2.64. The Bertz CT molecular complexity index is 412. The number of fused-ring (bicyclic) bond motifs is 1. The number of benzene rings is 1. The average molecular weight is 217 g/mol. The summed E-state index contributed by atoms with van der Waals surface area (Å²) in [6.07, 6.45) is 0. The first-order chi connectivity index (χ1) is 7.50. The van der Waals surface area contributed by atoms with Gasteiger partial charge in [0.05, 0.1) is 5.54 Å². The summed E-state index contributed by atoms with van der Waals surface area (Å²) in [4.78, 5) is 12.0. The number of amides is 1. The molecule has 0 atom stereocenters. The molecule has 0 fully saturated rings. The molecule has 0 saturated heterocycles. The van der Waals surface area contributed by atoms with E-state index in [9.17, 15) is 4.79 Å². The summed E-state index contributed by atoms with van der Waals surface area (Å²) < 4.78 is 0. The van der Waals surface area contributed by atoms with Gasteiger partial charge in [0.15, 0.2) is 0 Å². The van der Waals surface area contributed by atoms with Crippen molar-refractivity contribution in [1.82, 2.24) is 5.32 Å². The zero-order valence-electron chi connectivity index (χ0n) is 10.4. The van der Waals surface area contributed by atoms with Crippen molar-refractivity contribution >= 4 is 5.91 Å². The number of carbonyl (C=O) groups excluding carboxylic acids is 1. The number of hydrogen-bond acceptors (Lipinski definition) is 1. The van der Waals surface area contributed by atoms with Crippen molar-refractivity contribution in [3.8, 4) is 0 Å². The highest BCUT2D eigenvalue weighted by atomic mass is 16.2. The Morgan fingerprint density at radius 1 is 1.06 bits per heavy atom. The van der Waals surface area contributed by atoms with Crippen molar-refractivity contribution in [3.63, 3.8) is 0 Å². The molecule has 1 aliphatic rings. The van der Waals surface area contributed by atoms with E-state index in [1.165, 1.54) is 0 Å². The molecule has 1 heterocycles. The van der Waals surface area contributed by atoms with Gasteiger partial charge in [0.2, 0.25) is 0 Å². The predicted molar refractivity (Wildman–Crippen MR) is 65.3 cm³/mol. The van der Waals surface area contributed by atoms with E-state index in [-0.39, 0.29) is 11.4 Å². The smallest absolute Gasteiger partial charge is 0.252 e. The molecule has 0 radical (unpaired) electrons. The molecule has 0 unspecified atom stereocenters. The molecule has 0 aliphatic carbocycles. The van der Waals surface area contributed by atoms with E-state index in [0.29, 0.717) is 11.8 Å². The van der Waals surface area contributed by atoms with Gasteiger partial charge in [-0.2, -0.15) is 0 Å². The standard InChI is InChI=1S/C14H19NO/c1-9(2)14(10(3)4)12-8-6-5-7-11(12)13(16)15-14/h5-10H,1-4H3,(H,15,16). The topological polar surface area (TPSA) is 29.1 Å². The van der Waals surface area contributed by atoms with Crippen LogP contribution >= 0.6 is 0 Å². The second-order valence-electron chi connectivity index (χ2n) is 5.18. The Morgan fingerprint density at radius 2 is 1.62 bits per heavy atom. The molecule has 16 heavy (non-hydrogen) atoms. The zero-order valence-corrected chi connectivity index (χ0v) is 10.4. The zero-order chi connectivity index (χ0) is 11.9. The molecule has 0 saturated carbocycles. The third-order valence-electron chi connectivity index (χ3n) is 3.76. The lowest BCUT2D eigenvalue weighted by molar-refractivity contribution is 0.0860. The molecule has 1 N–H and O–H groups in total. The van der Waals surface area contributed by atoms with Crippen LogP contribution in [0.15, 0.2) is 24.3 Å². The summed E-state index contributed by atoms with van der Waals surface area (Å²) in [5.41, 5.74) is 1.79. The third-order valence-corrected chi connectivity index (χ3v) is 3.76. The fourth-order valence-electron chi connectivity index (χ4n) is 2.94. The lowest BCUT2D eigenvalue weighted by Gasteiger charge is -2.38. The van der Waals surface area contributed by atoms with Crippen LogP contribution in [0.5, 0.6) is 0 Å². The molecular formula is C14H19NO. The summed E-state index contributed by atoms with van der Waals surface area (Å²) in [6.45, 7) is 8.68.